The second-order valence-electron chi connectivity index (χ2n) is 6.77. The Kier molecular flexibility index (Phi) is 5.59. The third-order valence-electron chi connectivity index (χ3n) is 4.74. The fourth-order valence-corrected chi connectivity index (χ4v) is 2.73. The third kappa shape index (κ3) is 4.28. The summed E-state index contributed by atoms with van der Waals surface area (Å²) in [6, 6.07) is 14.2. The Balaban J connectivity index is 1.73. The normalized spacial score (nSPS) is 10.6. The molecule has 0 aliphatic heterocycles. The third-order valence-corrected chi connectivity index (χ3v) is 4.74. The average Bonchev–Trinajstić information content (AvgIpc) is 2.67. The zero-order valence-electron chi connectivity index (χ0n) is 16.4. The maximum Gasteiger partial charge on any atom is 0.271 e. The van der Waals surface area contributed by atoms with E-state index in [1.54, 1.807) is 0 Å². The molecular weight excluding hydrogens is 354 g/mol. The molecule has 28 heavy (non-hydrogen) atoms. The number of hydrogen-bond donors (Lipinski definition) is 1. The highest BCUT2D eigenvalue weighted by atomic mass is 16.5. The molecule has 144 valence electrons. The SMILES string of the molecule is Cc1ccc(-n2nc(OCC(=O)Nc3cccc(C)c3C)ccc2=O)cc1C. The highest BCUT2D eigenvalue weighted by Gasteiger charge is 2.09. The number of hydrogen-bond acceptors (Lipinski definition) is 4. The van der Waals surface area contributed by atoms with Crippen LogP contribution in [-0.4, -0.2) is 22.3 Å². The first-order valence-corrected chi connectivity index (χ1v) is 9.02. The molecule has 0 atom stereocenters. The van der Waals surface area contributed by atoms with Crippen LogP contribution in [0.5, 0.6) is 5.88 Å². The molecule has 0 unspecified atom stereocenters. The van der Waals surface area contributed by atoms with Crippen LogP contribution in [0.4, 0.5) is 5.69 Å². The molecule has 6 heteroatoms. The molecule has 1 heterocycles. The Hall–Kier alpha value is -3.41. The van der Waals surface area contributed by atoms with Gasteiger partial charge in [0.1, 0.15) is 0 Å². The van der Waals surface area contributed by atoms with Crippen LogP contribution in [0.2, 0.25) is 0 Å². The van der Waals surface area contributed by atoms with Crippen LogP contribution < -0.4 is 15.6 Å². The molecule has 1 aromatic heterocycles. The van der Waals surface area contributed by atoms with Crippen LogP contribution in [-0.2, 0) is 4.79 Å². The summed E-state index contributed by atoms with van der Waals surface area (Å²) >= 11 is 0. The van der Waals surface area contributed by atoms with Crippen molar-refractivity contribution in [2.45, 2.75) is 27.7 Å². The number of aromatic nitrogens is 2. The maximum absolute atomic E-state index is 12.2. The number of carbonyl (C=O) groups excluding carboxylic acids is 1. The minimum absolute atomic E-state index is 0.203. The van der Waals surface area contributed by atoms with Gasteiger partial charge in [-0.1, -0.05) is 18.2 Å². The lowest BCUT2D eigenvalue weighted by atomic mass is 10.1. The van der Waals surface area contributed by atoms with Crippen molar-refractivity contribution < 1.29 is 9.53 Å². The van der Waals surface area contributed by atoms with Crippen LogP contribution >= 0.6 is 0 Å². The Bertz CT molecular complexity index is 1090. The number of rotatable bonds is 5. The van der Waals surface area contributed by atoms with E-state index in [1.807, 2.05) is 64.1 Å². The lowest BCUT2D eigenvalue weighted by molar-refractivity contribution is -0.118. The van der Waals surface area contributed by atoms with Crippen LogP contribution in [0, 0.1) is 27.7 Å². The Morgan fingerprint density at radius 1 is 1.00 bits per heavy atom. The van der Waals surface area contributed by atoms with Gasteiger partial charge in [0.2, 0.25) is 5.88 Å². The van der Waals surface area contributed by atoms with E-state index in [9.17, 15) is 9.59 Å². The van der Waals surface area contributed by atoms with Gasteiger partial charge in [0.25, 0.3) is 11.5 Å². The smallest absolute Gasteiger partial charge is 0.271 e. The van der Waals surface area contributed by atoms with Crippen molar-refractivity contribution in [3.8, 4) is 11.6 Å². The number of nitrogens with one attached hydrogen (secondary N) is 1. The van der Waals surface area contributed by atoms with Crippen molar-refractivity contribution in [3.63, 3.8) is 0 Å². The number of nitrogens with zero attached hydrogens (tertiary/aromatic N) is 2. The quantitative estimate of drug-likeness (QED) is 0.739. The predicted molar refractivity (Wildman–Crippen MR) is 109 cm³/mol. The Labute approximate surface area is 163 Å². The second-order valence-corrected chi connectivity index (χ2v) is 6.77. The second kappa shape index (κ2) is 8.08. The topological polar surface area (TPSA) is 73.2 Å². The van der Waals surface area contributed by atoms with E-state index in [1.165, 1.54) is 16.8 Å². The van der Waals surface area contributed by atoms with Gasteiger partial charge in [-0.15, -0.1) is 5.10 Å². The summed E-state index contributed by atoms with van der Waals surface area (Å²) in [7, 11) is 0. The van der Waals surface area contributed by atoms with Gasteiger partial charge in [-0.3, -0.25) is 9.59 Å². The summed E-state index contributed by atoms with van der Waals surface area (Å²) in [5, 5.41) is 7.06. The predicted octanol–water partition coefficient (Wildman–Crippen LogP) is 3.48. The first kappa shape index (κ1) is 19.4. The number of ether oxygens (including phenoxy) is 1. The van der Waals surface area contributed by atoms with Crippen molar-refractivity contribution >= 4 is 11.6 Å². The zero-order chi connectivity index (χ0) is 20.3. The van der Waals surface area contributed by atoms with Gasteiger partial charge in [0.15, 0.2) is 6.61 Å². The molecule has 1 amide bonds. The first-order chi connectivity index (χ1) is 13.3. The van der Waals surface area contributed by atoms with Gasteiger partial charge < -0.3 is 10.1 Å². The molecule has 0 saturated heterocycles. The van der Waals surface area contributed by atoms with Gasteiger partial charge in [-0.05, 0) is 68.1 Å². The van der Waals surface area contributed by atoms with Crippen LogP contribution in [0.1, 0.15) is 22.3 Å². The minimum Gasteiger partial charge on any atom is -0.467 e. The van der Waals surface area contributed by atoms with Crippen LogP contribution in [0.15, 0.2) is 53.3 Å². The molecule has 0 radical (unpaired) electrons. The number of benzene rings is 2. The molecule has 3 aromatic rings. The van der Waals surface area contributed by atoms with E-state index in [4.69, 9.17) is 4.74 Å². The average molecular weight is 377 g/mol. The van der Waals surface area contributed by atoms with Crippen molar-refractivity contribution in [1.82, 2.24) is 9.78 Å². The van der Waals surface area contributed by atoms with Crippen LogP contribution in [0.25, 0.3) is 5.69 Å². The molecule has 2 aromatic carbocycles. The van der Waals surface area contributed by atoms with E-state index >= 15 is 0 Å². The standard InChI is InChI=1S/C22H23N3O3/c1-14-8-9-18(12-16(14)3)25-22(27)11-10-21(24-25)28-13-20(26)23-19-7-5-6-15(2)17(19)4/h5-12H,13H2,1-4H3,(H,23,26). The molecule has 6 nitrogen and oxygen atoms in total. The Morgan fingerprint density at radius 3 is 2.54 bits per heavy atom. The van der Waals surface area contributed by atoms with E-state index in [0.29, 0.717) is 5.69 Å². The van der Waals surface area contributed by atoms with Crippen molar-refractivity contribution in [2.75, 3.05) is 11.9 Å². The number of carbonyl (C=O) groups is 1. The van der Waals surface area contributed by atoms with Crippen molar-refractivity contribution in [2.24, 2.45) is 0 Å². The molecule has 0 aliphatic carbocycles. The molecule has 0 saturated carbocycles. The lowest BCUT2D eigenvalue weighted by Crippen LogP contribution is -2.24. The van der Waals surface area contributed by atoms with Gasteiger partial charge in [-0.25, -0.2) is 0 Å². The molecule has 0 fully saturated rings. The first-order valence-electron chi connectivity index (χ1n) is 9.02. The number of amides is 1. The minimum atomic E-state index is -0.292. The largest absolute Gasteiger partial charge is 0.467 e. The molecule has 3 rings (SSSR count). The van der Waals surface area contributed by atoms with E-state index in [0.717, 1.165) is 27.9 Å². The van der Waals surface area contributed by atoms with Crippen molar-refractivity contribution in [1.29, 1.82) is 0 Å². The van der Waals surface area contributed by atoms with E-state index < -0.39 is 0 Å². The summed E-state index contributed by atoms with van der Waals surface area (Å²) in [6.45, 7) is 7.71. The monoisotopic (exact) mass is 377 g/mol. The highest BCUT2D eigenvalue weighted by Crippen LogP contribution is 2.18. The van der Waals surface area contributed by atoms with Crippen molar-refractivity contribution in [3.05, 3.63) is 81.1 Å². The molecule has 1 N–H and O–H groups in total. The van der Waals surface area contributed by atoms with Gasteiger partial charge in [-0.2, -0.15) is 4.68 Å². The molecular formula is C22H23N3O3. The zero-order valence-corrected chi connectivity index (χ0v) is 16.4. The Morgan fingerprint density at radius 2 is 1.79 bits per heavy atom. The fraction of sp³-hybridized carbons (Fsp3) is 0.227. The van der Waals surface area contributed by atoms with Gasteiger partial charge in [0, 0.05) is 17.8 Å². The van der Waals surface area contributed by atoms with E-state index in [-0.39, 0.29) is 24.0 Å². The summed E-state index contributed by atoms with van der Waals surface area (Å²) in [5.41, 5.74) is 5.44. The molecule has 0 bridgehead atoms. The van der Waals surface area contributed by atoms with Gasteiger partial charge in [0.05, 0.1) is 5.69 Å². The van der Waals surface area contributed by atoms with Gasteiger partial charge >= 0.3 is 0 Å². The molecule has 0 aliphatic rings. The summed E-state index contributed by atoms with van der Waals surface area (Å²) in [4.78, 5) is 24.4. The maximum atomic E-state index is 12.2. The number of anilines is 1. The summed E-state index contributed by atoms with van der Waals surface area (Å²) in [6.07, 6.45) is 0. The fourth-order valence-electron chi connectivity index (χ4n) is 2.73. The highest BCUT2D eigenvalue weighted by molar-refractivity contribution is 5.92. The summed E-state index contributed by atoms with van der Waals surface area (Å²) in [5.74, 6) is -0.0895. The lowest BCUT2D eigenvalue weighted by Gasteiger charge is -2.12. The van der Waals surface area contributed by atoms with E-state index in [2.05, 4.69) is 10.4 Å². The molecule has 0 spiro atoms. The van der Waals surface area contributed by atoms with Crippen LogP contribution in [0.3, 0.4) is 0 Å². The number of aryl methyl sites for hydroxylation is 3. The summed E-state index contributed by atoms with van der Waals surface area (Å²) < 4.78 is 6.77.